The zero-order chi connectivity index (χ0) is 15.5. The third-order valence-electron chi connectivity index (χ3n) is 3.84. The van der Waals surface area contributed by atoms with E-state index in [2.05, 4.69) is 10.4 Å². The summed E-state index contributed by atoms with van der Waals surface area (Å²) in [6, 6.07) is 8.65. The first-order valence-electron chi connectivity index (χ1n) is 7.34. The molecule has 22 heavy (non-hydrogen) atoms. The Labute approximate surface area is 128 Å². The van der Waals surface area contributed by atoms with Gasteiger partial charge >= 0.3 is 0 Å². The van der Waals surface area contributed by atoms with Crippen LogP contribution in [0.25, 0.3) is 0 Å². The van der Waals surface area contributed by atoms with Gasteiger partial charge in [-0.2, -0.15) is 5.10 Å². The third kappa shape index (κ3) is 2.86. The van der Waals surface area contributed by atoms with Crippen LogP contribution >= 0.6 is 0 Å². The molecule has 3 rings (SSSR count). The summed E-state index contributed by atoms with van der Waals surface area (Å²) in [6.07, 6.45) is 3.72. The van der Waals surface area contributed by atoms with Crippen LogP contribution in [-0.4, -0.2) is 39.6 Å². The molecule has 114 valence electrons. The van der Waals surface area contributed by atoms with E-state index in [1.807, 2.05) is 4.90 Å². The maximum Gasteiger partial charge on any atom is 0.273 e. The van der Waals surface area contributed by atoms with Crippen LogP contribution in [0.15, 0.2) is 36.5 Å². The fraction of sp³-hybridized carbons (Fsp3) is 0.312. The van der Waals surface area contributed by atoms with Crippen LogP contribution in [0.5, 0.6) is 0 Å². The molecule has 1 fully saturated rings. The van der Waals surface area contributed by atoms with Crippen LogP contribution in [0, 0.1) is 0 Å². The predicted molar refractivity (Wildman–Crippen MR) is 82.7 cm³/mol. The molecule has 1 N–H and O–H groups in total. The molecule has 2 amide bonds. The van der Waals surface area contributed by atoms with Gasteiger partial charge in [0.1, 0.15) is 5.69 Å². The molecular weight excluding hydrogens is 280 g/mol. The number of carbonyl (C=O) groups excluding carboxylic acids is 2. The van der Waals surface area contributed by atoms with Crippen LogP contribution in [0.3, 0.4) is 0 Å². The number of aryl methyl sites for hydroxylation is 1. The molecule has 1 saturated heterocycles. The minimum absolute atomic E-state index is 0.0574. The van der Waals surface area contributed by atoms with Gasteiger partial charge < -0.3 is 10.2 Å². The molecule has 2 aromatic rings. The van der Waals surface area contributed by atoms with Gasteiger partial charge in [-0.15, -0.1) is 0 Å². The first-order chi connectivity index (χ1) is 10.6. The molecule has 0 bridgehead atoms. The average molecular weight is 298 g/mol. The van der Waals surface area contributed by atoms with Crippen molar-refractivity contribution in [1.29, 1.82) is 0 Å². The third-order valence-corrected chi connectivity index (χ3v) is 3.84. The zero-order valence-electron chi connectivity index (χ0n) is 12.5. The van der Waals surface area contributed by atoms with Gasteiger partial charge in [0.15, 0.2) is 0 Å². The average Bonchev–Trinajstić information content (AvgIpc) is 3.18. The molecule has 1 aromatic heterocycles. The van der Waals surface area contributed by atoms with E-state index in [0.29, 0.717) is 16.9 Å². The van der Waals surface area contributed by atoms with Crippen molar-refractivity contribution in [3.8, 4) is 0 Å². The molecule has 1 aliphatic heterocycles. The highest BCUT2D eigenvalue weighted by Gasteiger charge is 2.19. The Morgan fingerprint density at radius 3 is 2.36 bits per heavy atom. The van der Waals surface area contributed by atoms with E-state index in [0.717, 1.165) is 25.9 Å². The fourth-order valence-electron chi connectivity index (χ4n) is 2.59. The summed E-state index contributed by atoms with van der Waals surface area (Å²) in [5, 5.41) is 6.76. The Bertz CT molecular complexity index is 684. The Morgan fingerprint density at radius 1 is 1.09 bits per heavy atom. The summed E-state index contributed by atoms with van der Waals surface area (Å²) in [5.41, 5.74) is 1.79. The number of benzene rings is 1. The Balaban J connectivity index is 1.68. The van der Waals surface area contributed by atoms with Crippen LogP contribution in [0.1, 0.15) is 33.7 Å². The fourth-order valence-corrected chi connectivity index (χ4v) is 2.59. The minimum atomic E-state index is -0.224. The summed E-state index contributed by atoms with van der Waals surface area (Å²) in [7, 11) is 1.72. The molecule has 0 unspecified atom stereocenters. The summed E-state index contributed by atoms with van der Waals surface area (Å²) in [4.78, 5) is 26.2. The quantitative estimate of drug-likeness (QED) is 0.941. The van der Waals surface area contributed by atoms with Gasteiger partial charge in [0, 0.05) is 37.6 Å². The number of nitrogens with one attached hydrogen (secondary N) is 1. The second-order valence-corrected chi connectivity index (χ2v) is 5.37. The van der Waals surface area contributed by atoms with Crippen molar-refractivity contribution in [3.63, 3.8) is 0 Å². The molecule has 0 spiro atoms. The highest BCUT2D eigenvalue weighted by atomic mass is 16.2. The van der Waals surface area contributed by atoms with Gasteiger partial charge in [0.25, 0.3) is 11.8 Å². The molecule has 0 atom stereocenters. The summed E-state index contributed by atoms with van der Waals surface area (Å²) in [5.74, 6) is -0.166. The molecule has 1 aromatic carbocycles. The van der Waals surface area contributed by atoms with Crippen molar-refractivity contribution in [2.75, 3.05) is 18.4 Å². The Kier molecular flexibility index (Phi) is 3.91. The maximum absolute atomic E-state index is 12.2. The van der Waals surface area contributed by atoms with E-state index in [9.17, 15) is 9.59 Å². The predicted octanol–water partition coefficient (Wildman–Crippen LogP) is 1.91. The summed E-state index contributed by atoms with van der Waals surface area (Å²) >= 11 is 0. The standard InChI is InChI=1S/C16H18N4O2/c1-19-14(8-9-17-19)15(21)18-13-6-4-12(5-7-13)16(22)20-10-2-3-11-20/h4-9H,2-3,10-11H2,1H3,(H,18,21). The lowest BCUT2D eigenvalue weighted by Crippen LogP contribution is -2.27. The lowest BCUT2D eigenvalue weighted by atomic mass is 10.2. The molecule has 0 radical (unpaired) electrons. The van der Waals surface area contributed by atoms with Gasteiger partial charge in [-0.1, -0.05) is 0 Å². The Morgan fingerprint density at radius 2 is 1.77 bits per heavy atom. The van der Waals surface area contributed by atoms with Gasteiger partial charge in [0.2, 0.25) is 0 Å². The molecule has 6 heteroatoms. The van der Waals surface area contributed by atoms with Crippen molar-refractivity contribution >= 4 is 17.5 Å². The van der Waals surface area contributed by atoms with Gasteiger partial charge in [-0.05, 0) is 43.2 Å². The van der Waals surface area contributed by atoms with Gasteiger partial charge in [-0.3, -0.25) is 14.3 Å². The van der Waals surface area contributed by atoms with E-state index in [4.69, 9.17) is 0 Å². The van der Waals surface area contributed by atoms with Crippen molar-refractivity contribution in [3.05, 3.63) is 47.8 Å². The molecule has 1 aliphatic rings. The molecule has 2 heterocycles. The maximum atomic E-state index is 12.2. The summed E-state index contributed by atoms with van der Waals surface area (Å²) < 4.78 is 1.51. The van der Waals surface area contributed by atoms with Crippen molar-refractivity contribution in [2.45, 2.75) is 12.8 Å². The number of nitrogens with zero attached hydrogens (tertiary/aromatic N) is 3. The van der Waals surface area contributed by atoms with E-state index in [-0.39, 0.29) is 11.8 Å². The molecular formula is C16H18N4O2. The van der Waals surface area contributed by atoms with Crippen LogP contribution < -0.4 is 5.32 Å². The van der Waals surface area contributed by atoms with Crippen molar-refractivity contribution in [1.82, 2.24) is 14.7 Å². The Hall–Kier alpha value is -2.63. The van der Waals surface area contributed by atoms with E-state index >= 15 is 0 Å². The molecule has 0 saturated carbocycles. The van der Waals surface area contributed by atoms with Crippen LogP contribution in [0.2, 0.25) is 0 Å². The normalized spacial score (nSPS) is 14.1. The second kappa shape index (κ2) is 6.01. The topological polar surface area (TPSA) is 67.2 Å². The minimum Gasteiger partial charge on any atom is -0.339 e. The number of anilines is 1. The SMILES string of the molecule is Cn1nccc1C(=O)Nc1ccc(C(=O)N2CCCC2)cc1. The number of carbonyl (C=O) groups is 2. The van der Waals surface area contributed by atoms with Gasteiger partial charge in [-0.25, -0.2) is 0 Å². The first kappa shape index (κ1) is 14.3. The first-order valence-corrected chi connectivity index (χ1v) is 7.34. The lowest BCUT2D eigenvalue weighted by molar-refractivity contribution is 0.0792. The van der Waals surface area contributed by atoms with E-state index in [1.165, 1.54) is 4.68 Å². The number of amides is 2. The lowest BCUT2D eigenvalue weighted by Gasteiger charge is -2.15. The monoisotopic (exact) mass is 298 g/mol. The van der Waals surface area contributed by atoms with E-state index < -0.39 is 0 Å². The number of aromatic nitrogens is 2. The smallest absolute Gasteiger partial charge is 0.273 e. The number of rotatable bonds is 3. The van der Waals surface area contributed by atoms with Crippen molar-refractivity contribution in [2.24, 2.45) is 7.05 Å². The summed E-state index contributed by atoms with van der Waals surface area (Å²) in [6.45, 7) is 1.66. The van der Waals surface area contributed by atoms with Crippen molar-refractivity contribution < 1.29 is 9.59 Å². The highest BCUT2D eigenvalue weighted by Crippen LogP contribution is 2.16. The highest BCUT2D eigenvalue weighted by molar-refractivity contribution is 6.03. The second-order valence-electron chi connectivity index (χ2n) is 5.37. The number of hydrogen-bond acceptors (Lipinski definition) is 3. The largest absolute Gasteiger partial charge is 0.339 e. The number of likely N-dealkylation sites (tertiary alicyclic amines) is 1. The van der Waals surface area contributed by atoms with E-state index in [1.54, 1.807) is 43.6 Å². The van der Waals surface area contributed by atoms with Gasteiger partial charge in [0.05, 0.1) is 0 Å². The molecule has 6 nitrogen and oxygen atoms in total. The van der Waals surface area contributed by atoms with Crippen LogP contribution in [0.4, 0.5) is 5.69 Å². The zero-order valence-corrected chi connectivity index (χ0v) is 12.5. The molecule has 0 aliphatic carbocycles. The van der Waals surface area contributed by atoms with Crippen LogP contribution in [-0.2, 0) is 7.05 Å². The number of hydrogen-bond donors (Lipinski definition) is 1.